The number of hydrogen-bond donors (Lipinski definition) is 0. The summed E-state index contributed by atoms with van der Waals surface area (Å²) in [7, 11) is 0. The summed E-state index contributed by atoms with van der Waals surface area (Å²) >= 11 is 0. The van der Waals surface area contributed by atoms with Gasteiger partial charge in [-0.25, -0.2) is 18.4 Å². The highest BCUT2D eigenvalue weighted by Gasteiger charge is 2.20. The number of benzene rings is 3. The summed E-state index contributed by atoms with van der Waals surface area (Å²) in [5, 5.41) is 0. The van der Waals surface area contributed by atoms with Gasteiger partial charge in [0.2, 0.25) is 0 Å². The Hall–Kier alpha value is -3.93. The molecule has 0 atom stereocenters. The maximum absolute atomic E-state index is 13.2. The quantitative estimate of drug-likeness (QED) is 0.262. The molecule has 0 aliphatic heterocycles. The molecule has 0 aliphatic carbocycles. The van der Waals surface area contributed by atoms with Gasteiger partial charge < -0.3 is 4.74 Å². The first kappa shape index (κ1) is 20.8. The third-order valence-corrected chi connectivity index (χ3v) is 4.20. The molecule has 0 saturated heterocycles. The van der Waals surface area contributed by atoms with Crippen molar-refractivity contribution in [2.45, 2.75) is 6.92 Å². The van der Waals surface area contributed by atoms with E-state index in [0.717, 1.165) is 29.8 Å². The second-order valence-electron chi connectivity index (χ2n) is 6.49. The molecule has 3 aromatic rings. The number of esters is 2. The highest BCUT2D eigenvalue weighted by Crippen LogP contribution is 2.17. The number of ether oxygens (including phenoxy) is 1. The molecule has 0 saturated carbocycles. The number of rotatable bonds is 5. The molecule has 3 aromatic carbocycles. The number of aryl methyl sites for hydroxylation is 1. The van der Waals surface area contributed by atoms with Crippen LogP contribution < -0.4 is 0 Å². The second kappa shape index (κ2) is 9.05. The van der Waals surface area contributed by atoms with Gasteiger partial charge in [0, 0.05) is 23.3 Å². The molecule has 0 unspecified atom stereocenters. The fourth-order valence-corrected chi connectivity index (χ4v) is 2.74. The molecule has 0 fully saturated rings. The molecule has 0 bridgehead atoms. The molecular weight excluding hydrogens is 390 g/mol. The van der Waals surface area contributed by atoms with Crippen LogP contribution in [-0.4, -0.2) is 17.7 Å². The number of carbonyl (C=O) groups excluding carboxylic acids is 3. The Morgan fingerprint density at radius 1 is 0.833 bits per heavy atom. The topological polar surface area (TPSA) is 60.4 Å². The monoisotopic (exact) mass is 406 g/mol. The summed E-state index contributed by atoms with van der Waals surface area (Å²) in [6.07, 6.45) is 1.99. The fraction of sp³-hybridized carbons (Fsp3) is 0.0417. The summed E-state index contributed by atoms with van der Waals surface area (Å²) in [5.41, 5.74) is 1.49. The van der Waals surface area contributed by atoms with Gasteiger partial charge in [0.1, 0.15) is 11.6 Å². The van der Waals surface area contributed by atoms with E-state index in [-0.39, 0.29) is 22.5 Å². The number of carbonyl (C=O) groups is 3. The van der Waals surface area contributed by atoms with Crippen molar-refractivity contribution in [3.05, 3.63) is 112 Å². The van der Waals surface area contributed by atoms with E-state index in [4.69, 9.17) is 4.74 Å². The molecule has 0 radical (unpaired) electrons. The normalized spacial score (nSPS) is 10.8. The summed E-state index contributed by atoms with van der Waals surface area (Å²) in [5.74, 6) is -4.04. The molecular formula is C24H16F2O4. The maximum Gasteiger partial charge on any atom is 0.346 e. The Labute approximate surface area is 171 Å². The van der Waals surface area contributed by atoms with E-state index in [2.05, 4.69) is 0 Å². The summed E-state index contributed by atoms with van der Waals surface area (Å²) in [6.45, 7) is 1.89. The average Bonchev–Trinajstić information content (AvgIpc) is 2.71. The van der Waals surface area contributed by atoms with Crippen molar-refractivity contribution in [1.82, 2.24) is 0 Å². The fourth-order valence-electron chi connectivity index (χ4n) is 2.74. The van der Waals surface area contributed by atoms with E-state index in [9.17, 15) is 23.2 Å². The van der Waals surface area contributed by atoms with Crippen LogP contribution in [0.3, 0.4) is 0 Å². The van der Waals surface area contributed by atoms with E-state index in [1.165, 1.54) is 12.1 Å². The lowest BCUT2D eigenvalue weighted by atomic mass is 9.98. The van der Waals surface area contributed by atoms with Crippen molar-refractivity contribution >= 4 is 23.8 Å². The van der Waals surface area contributed by atoms with Crippen LogP contribution >= 0.6 is 0 Å². The van der Waals surface area contributed by atoms with Gasteiger partial charge in [-0.05, 0) is 36.8 Å². The van der Waals surface area contributed by atoms with Crippen molar-refractivity contribution < 1.29 is 27.9 Å². The minimum Gasteiger partial charge on any atom is -0.386 e. The number of halogens is 2. The van der Waals surface area contributed by atoms with Crippen molar-refractivity contribution in [2.24, 2.45) is 0 Å². The third-order valence-electron chi connectivity index (χ3n) is 4.20. The Balaban J connectivity index is 1.77. The minimum atomic E-state index is -1.04. The standard InChI is InChI=1S/C24H16F2O4/c1-15-6-9-17(10-7-15)23(28)20-4-2-3-5-21(20)24(29)30-22(27)11-8-16-12-18(25)14-19(26)13-16/h2-14H,1H3/b11-8+. The number of ketones is 1. The van der Waals surface area contributed by atoms with Gasteiger partial charge in [0.25, 0.3) is 0 Å². The van der Waals surface area contributed by atoms with Gasteiger partial charge in [-0.2, -0.15) is 0 Å². The molecule has 0 spiro atoms. The van der Waals surface area contributed by atoms with Gasteiger partial charge >= 0.3 is 11.9 Å². The zero-order valence-electron chi connectivity index (χ0n) is 15.9. The molecule has 0 aromatic heterocycles. The van der Waals surface area contributed by atoms with Gasteiger partial charge in [0.15, 0.2) is 5.78 Å². The summed E-state index contributed by atoms with van der Waals surface area (Å²) in [6, 6.07) is 15.6. The molecule has 0 aliphatic rings. The van der Waals surface area contributed by atoms with Crippen LogP contribution in [0.15, 0.2) is 72.8 Å². The molecule has 0 N–H and O–H groups in total. The maximum atomic E-state index is 13.2. The Morgan fingerprint density at radius 2 is 1.43 bits per heavy atom. The predicted octanol–water partition coefficient (Wildman–Crippen LogP) is 4.90. The van der Waals surface area contributed by atoms with Crippen molar-refractivity contribution in [3.63, 3.8) is 0 Å². The minimum absolute atomic E-state index is 0.0679. The smallest absolute Gasteiger partial charge is 0.346 e. The van der Waals surface area contributed by atoms with Crippen molar-refractivity contribution in [2.75, 3.05) is 0 Å². The molecule has 3 rings (SSSR count). The van der Waals surface area contributed by atoms with Crippen LogP contribution in [0.4, 0.5) is 8.78 Å². The van der Waals surface area contributed by atoms with Gasteiger partial charge in [-0.1, -0.05) is 48.0 Å². The molecule has 0 amide bonds. The van der Waals surface area contributed by atoms with Crippen LogP contribution in [0.2, 0.25) is 0 Å². The van der Waals surface area contributed by atoms with E-state index in [1.807, 2.05) is 6.92 Å². The average molecular weight is 406 g/mol. The lowest BCUT2D eigenvalue weighted by Crippen LogP contribution is -2.15. The van der Waals surface area contributed by atoms with Gasteiger partial charge in [0.05, 0.1) is 5.56 Å². The van der Waals surface area contributed by atoms with E-state index < -0.39 is 23.6 Å². The number of hydrogen-bond acceptors (Lipinski definition) is 4. The zero-order valence-corrected chi connectivity index (χ0v) is 15.9. The highest BCUT2D eigenvalue weighted by molar-refractivity contribution is 6.15. The SMILES string of the molecule is Cc1ccc(C(=O)c2ccccc2C(=O)OC(=O)/C=C/c2cc(F)cc(F)c2)cc1. The van der Waals surface area contributed by atoms with Crippen molar-refractivity contribution in [3.8, 4) is 0 Å². The second-order valence-corrected chi connectivity index (χ2v) is 6.49. The molecule has 4 nitrogen and oxygen atoms in total. The molecule has 30 heavy (non-hydrogen) atoms. The zero-order chi connectivity index (χ0) is 21.7. The van der Waals surface area contributed by atoms with Crippen LogP contribution in [0.5, 0.6) is 0 Å². The predicted molar refractivity (Wildman–Crippen MR) is 107 cm³/mol. The third kappa shape index (κ3) is 5.11. The lowest BCUT2D eigenvalue weighted by molar-refractivity contribution is -0.132. The summed E-state index contributed by atoms with van der Waals surface area (Å²) in [4.78, 5) is 37.2. The largest absolute Gasteiger partial charge is 0.386 e. The molecule has 6 heteroatoms. The van der Waals surface area contributed by atoms with Crippen LogP contribution in [0, 0.1) is 18.6 Å². The Bertz CT molecular complexity index is 1130. The van der Waals surface area contributed by atoms with Gasteiger partial charge in [-0.15, -0.1) is 0 Å². The first-order valence-electron chi connectivity index (χ1n) is 8.94. The first-order valence-corrected chi connectivity index (χ1v) is 8.94. The van der Waals surface area contributed by atoms with Gasteiger partial charge in [-0.3, -0.25) is 4.79 Å². The van der Waals surface area contributed by atoms with Crippen LogP contribution in [-0.2, 0) is 9.53 Å². The summed E-state index contributed by atoms with van der Waals surface area (Å²) < 4.78 is 31.1. The van der Waals surface area contributed by atoms with E-state index in [1.54, 1.807) is 36.4 Å². The Morgan fingerprint density at radius 3 is 2.07 bits per heavy atom. The first-order chi connectivity index (χ1) is 14.3. The highest BCUT2D eigenvalue weighted by atomic mass is 19.1. The van der Waals surface area contributed by atoms with E-state index >= 15 is 0 Å². The molecule has 0 heterocycles. The van der Waals surface area contributed by atoms with E-state index in [0.29, 0.717) is 11.6 Å². The Kier molecular flexibility index (Phi) is 6.27. The lowest BCUT2D eigenvalue weighted by Gasteiger charge is -2.07. The van der Waals surface area contributed by atoms with Crippen molar-refractivity contribution in [1.29, 1.82) is 0 Å². The molecule has 150 valence electrons. The van der Waals surface area contributed by atoms with Crippen LogP contribution in [0.25, 0.3) is 6.08 Å². The van der Waals surface area contributed by atoms with Crippen LogP contribution in [0.1, 0.15) is 37.4 Å².